The van der Waals surface area contributed by atoms with E-state index in [1.807, 2.05) is 0 Å². The Morgan fingerprint density at radius 3 is 2.57 bits per heavy atom. The maximum Gasteiger partial charge on any atom is 0.461 e. The average molecular weight is 414 g/mol. The minimum absolute atomic E-state index is 0.103. The molecule has 7 rings (SSSR count). The van der Waals surface area contributed by atoms with Crippen molar-refractivity contribution in [1.82, 2.24) is 0 Å². The molecule has 4 aliphatic carbocycles. The van der Waals surface area contributed by atoms with Crippen LogP contribution in [0.1, 0.15) is 75.7 Å². The summed E-state index contributed by atoms with van der Waals surface area (Å²) >= 11 is 0. The number of carbonyl (C=O) groups is 1. The van der Waals surface area contributed by atoms with Gasteiger partial charge in [0.15, 0.2) is 0 Å². The highest BCUT2D eigenvalue weighted by atomic mass is 19.1. The van der Waals surface area contributed by atoms with E-state index in [4.69, 9.17) is 18.8 Å². The molecule has 5 fully saturated rings. The van der Waals surface area contributed by atoms with Crippen LogP contribution in [0.15, 0.2) is 12.1 Å². The first-order valence-electron chi connectivity index (χ1n) is 11.1. The predicted molar refractivity (Wildman–Crippen MR) is 108 cm³/mol. The van der Waals surface area contributed by atoms with Gasteiger partial charge >= 0.3 is 13.1 Å². The first-order chi connectivity index (χ1) is 14.0. The number of hydrogen-bond donors (Lipinski definition) is 0. The molecular formula is C23H28BFO5. The van der Waals surface area contributed by atoms with Gasteiger partial charge in [-0.3, -0.25) is 0 Å². The van der Waals surface area contributed by atoms with Gasteiger partial charge in [-0.25, -0.2) is 9.18 Å². The van der Waals surface area contributed by atoms with E-state index >= 15 is 0 Å². The summed E-state index contributed by atoms with van der Waals surface area (Å²) in [6.45, 7) is 10.3. The van der Waals surface area contributed by atoms with Crippen molar-refractivity contribution in [2.24, 2.45) is 17.3 Å². The third-order valence-electron chi connectivity index (χ3n) is 8.59. The Bertz CT molecular complexity index is 961. The lowest BCUT2D eigenvalue weighted by atomic mass is 9.43. The monoisotopic (exact) mass is 414 g/mol. The molecule has 2 aliphatic heterocycles. The van der Waals surface area contributed by atoms with E-state index in [0.29, 0.717) is 23.0 Å². The Balaban J connectivity index is 1.27. The summed E-state index contributed by atoms with van der Waals surface area (Å²) < 4.78 is 38.6. The quantitative estimate of drug-likeness (QED) is 0.519. The van der Waals surface area contributed by atoms with Crippen LogP contribution in [0, 0.1) is 23.1 Å². The van der Waals surface area contributed by atoms with Gasteiger partial charge in [-0.05, 0) is 61.0 Å². The molecule has 30 heavy (non-hydrogen) atoms. The standard InChI is InChI=1S/C23H28BFO5/c1-21(2)11-8-16(21)23(5)17(9-11)29-24(30-23)14-10-13(14)12-6-7-15(25)18-19(12)27-22(3,4)28-20(18)26/h6-7,11,13-14,16-17H,8-10H2,1-5H3/t11?,13-,14-,16?,17?,23+/m1/s1. The lowest BCUT2D eigenvalue weighted by Gasteiger charge is -2.64. The highest BCUT2D eigenvalue weighted by molar-refractivity contribution is 6.49. The summed E-state index contributed by atoms with van der Waals surface area (Å²) in [4.78, 5) is 12.4. The SMILES string of the molecule is CC1(C)OC(=O)c2c(F)ccc([C@H]3C[C@H]3B3OC4CC5CC(C5(C)C)[C@]4(C)O3)c2O1. The second-order valence-electron chi connectivity index (χ2n) is 11.1. The Hall–Kier alpha value is -1.60. The summed E-state index contributed by atoms with van der Waals surface area (Å²) in [6.07, 6.45) is 3.30. The number of hydrogen-bond acceptors (Lipinski definition) is 5. The zero-order valence-corrected chi connectivity index (χ0v) is 18.2. The van der Waals surface area contributed by atoms with E-state index in [2.05, 4.69) is 20.8 Å². The molecule has 1 aromatic carbocycles. The van der Waals surface area contributed by atoms with Crippen molar-refractivity contribution in [1.29, 1.82) is 0 Å². The number of fused-ring (bicyclic) bond motifs is 1. The van der Waals surface area contributed by atoms with E-state index in [0.717, 1.165) is 18.4 Å². The minimum Gasteiger partial charge on any atom is -0.451 e. The lowest BCUT2D eigenvalue weighted by molar-refractivity contribution is -0.199. The molecule has 7 heteroatoms. The molecule has 1 saturated heterocycles. The van der Waals surface area contributed by atoms with Crippen LogP contribution in [0.25, 0.3) is 0 Å². The van der Waals surface area contributed by atoms with Gasteiger partial charge in [-0.1, -0.05) is 19.9 Å². The van der Waals surface area contributed by atoms with Crippen molar-refractivity contribution in [2.75, 3.05) is 0 Å². The van der Waals surface area contributed by atoms with E-state index in [1.54, 1.807) is 19.9 Å². The van der Waals surface area contributed by atoms with Crippen molar-refractivity contribution in [3.8, 4) is 5.75 Å². The van der Waals surface area contributed by atoms with Gasteiger partial charge < -0.3 is 18.8 Å². The Labute approximate surface area is 176 Å². The van der Waals surface area contributed by atoms with Crippen molar-refractivity contribution < 1.29 is 28.0 Å². The van der Waals surface area contributed by atoms with Crippen LogP contribution >= 0.6 is 0 Å². The fourth-order valence-electron chi connectivity index (χ4n) is 6.66. The van der Waals surface area contributed by atoms with Gasteiger partial charge in [0, 0.05) is 19.7 Å². The maximum atomic E-state index is 14.4. The summed E-state index contributed by atoms with van der Waals surface area (Å²) in [6, 6.07) is 3.07. The number of benzene rings is 1. The zero-order chi connectivity index (χ0) is 21.2. The van der Waals surface area contributed by atoms with Gasteiger partial charge in [0.1, 0.15) is 17.1 Å². The molecule has 5 nitrogen and oxygen atoms in total. The highest BCUT2D eigenvalue weighted by Gasteiger charge is 2.70. The van der Waals surface area contributed by atoms with Crippen LogP contribution in [0.4, 0.5) is 4.39 Å². The second kappa shape index (κ2) is 5.60. The van der Waals surface area contributed by atoms with E-state index in [9.17, 15) is 9.18 Å². The molecule has 0 spiro atoms. The molecule has 2 bridgehead atoms. The van der Waals surface area contributed by atoms with Crippen LogP contribution in [0.3, 0.4) is 0 Å². The first kappa shape index (κ1) is 19.1. The molecule has 6 atom stereocenters. The molecule has 0 radical (unpaired) electrons. The van der Waals surface area contributed by atoms with Gasteiger partial charge in [0.2, 0.25) is 5.79 Å². The number of halogens is 1. The van der Waals surface area contributed by atoms with E-state index < -0.39 is 17.6 Å². The zero-order valence-electron chi connectivity index (χ0n) is 18.2. The van der Waals surface area contributed by atoms with Crippen LogP contribution in [0.2, 0.25) is 5.82 Å². The third-order valence-corrected chi connectivity index (χ3v) is 8.59. The summed E-state index contributed by atoms with van der Waals surface area (Å²) in [7, 11) is -0.260. The first-order valence-corrected chi connectivity index (χ1v) is 11.1. The molecule has 6 aliphatic rings. The molecule has 4 saturated carbocycles. The van der Waals surface area contributed by atoms with Crippen molar-refractivity contribution in [3.63, 3.8) is 0 Å². The predicted octanol–water partition coefficient (Wildman–Crippen LogP) is 4.70. The summed E-state index contributed by atoms with van der Waals surface area (Å²) in [5.74, 6) is -0.547. The van der Waals surface area contributed by atoms with Gasteiger partial charge in [-0.15, -0.1) is 0 Å². The largest absolute Gasteiger partial charge is 0.461 e. The van der Waals surface area contributed by atoms with E-state index in [-0.39, 0.29) is 36.1 Å². The van der Waals surface area contributed by atoms with Crippen LogP contribution < -0.4 is 4.74 Å². The molecule has 1 aromatic rings. The Morgan fingerprint density at radius 1 is 1.07 bits per heavy atom. The van der Waals surface area contributed by atoms with Crippen molar-refractivity contribution in [2.45, 2.75) is 83.1 Å². The minimum atomic E-state index is -1.12. The normalized spacial score (nSPS) is 41.9. The van der Waals surface area contributed by atoms with Gasteiger partial charge in [0.05, 0.1) is 11.7 Å². The average Bonchev–Trinajstić information content (AvgIpc) is 3.33. The molecule has 0 aromatic heterocycles. The number of carbonyl (C=O) groups excluding carboxylic acids is 1. The van der Waals surface area contributed by atoms with Crippen molar-refractivity contribution in [3.05, 3.63) is 29.1 Å². The molecule has 2 heterocycles. The summed E-state index contributed by atoms with van der Waals surface area (Å²) in [5, 5.41) is 0. The number of esters is 1. The third kappa shape index (κ3) is 2.39. The number of ether oxygens (including phenoxy) is 2. The summed E-state index contributed by atoms with van der Waals surface area (Å²) in [5.41, 5.74) is 0.815. The molecule has 0 amide bonds. The fourth-order valence-corrected chi connectivity index (χ4v) is 6.66. The van der Waals surface area contributed by atoms with Gasteiger partial charge in [0.25, 0.3) is 0 Å². The smallest absolute Gasteiger partial charge is 0.451 e. The van der Waals surface area contributed by atoms with Crippen molar-refractivity contribution >= 4 is 13.1 Å². The molecule has 160 valence electrons. The van der Waals surface area contributed by atoms with Crippen LogP contribution in [-0.4, -0.2) is 30.6 Å². The fraction of sp³-hybridized carbons (Fsp3) is 0.696. The number of cyclic esters (lactones) is 1. The molecule has 3 unspecified atom stereocenters. The number of rotatable bonds is 2. The highest BCUT2D eigenvalue weighted by Crippen LogP contribution is 2.68. The Kier molecular flexibility index (Phi) is 3.57. The molecule has 0 N–H and O–H groups in total. The Morgan fingerprint density at radius 2 is 1.83 bits per heavy atom. The second-order valence-corrected chi connectivity index (χ2v) is 11.1. The lowest BCUT2D eigenvalue weighted by Crippen LogP contribution is -2.65. The van der Waals surface area contributed by atoms with Crippen LogP contribution in [-0.2, 0) is 14.0 Å². The van der Waals surface area contributed by atoms with Gasteiger partial charge in [-0.2, -0.15) is 0 Å². The van der Waals surface area contributed by atoms with E-state index in [1.165, 1.54) is 12.5 Å². The maximum absolute atomic E-state index is 14.4. The van der Waals surface area contributed by atoms with Crippen LogP contribution in [0.5, 0.6) is 5.75 Å². The topological polar surface area (TPSA) is 54.0 Å². The molecular weight excluding hydrogens is 386 g/mol.